The highest BCUT2D eigenvalue weighted by atomic mass is 35.5. The molecular formula is C8H11ClNO5P. The normalized spacial score (nSPS) is 11.7. The highest BCUT2D eigenvalue weighted by Crippen LogP contribution is 2.34. The molecule has 8 heteroatoms. The van der Waals surface area contributed by atoms with Crippen molar-refractivity contribution in [1.82, 2.24) is 4.57 Å². The van der Waals surface area contributed by atoms with E-state index in [1.165, 1.54) is 6.20 Å². The molecule has 0 aliphatic rings. The molecule has 0 unspecified atom stereocenters. The number of hydrogen-bond donors (Lipinski definition) is 3. The third kappa shape index (κ3) is 3.98. The second-order valence-electron chi connectivity index (χ2n) is 3.28. The van der Waals surface area contributed by atoms with Crippen LogP contribution in [0.3, 0.4) is 0 Å². The van der Waals surface area contributed by atoms with E-state index < -0.39 is 18.9 Å². The number of aromatic hydroxyl groups is 1. The fourth-order valence-electron chi connectivity index (χ4n) is 1.20. The van der Waals surface area contributed by atoms with Gasteiger partial charge in [0.25, 0.3) is 5.56 Å². The molecule has 1 heterocycles. The first-order chi connectivity index (χ1) is 7.29. The van der Waals surface area contributed by atoms with Gasteiger partial charge in [-0.3, -0.25) is 9.36 Å². The molecule has 1 rings (SSSR count). The molecule has 0 radical (unpaired) electrons. The van der Waals surface area contributed by atoms with Crippen molar-refractivity contribution in [3.8, 4) is 5.75 Å². The SMILES string of the molecule is O=c1c(O)cc(Cl)cn1CCCP(=O)(O)O. The Morgan fingerprint density at radius 2 is 2.06 bits per heavy atom. The number of aryl methyl sites for hydroxylation is 1. The van der Waals surface area contributed by atoms with Crippen LogP contribution in [0.5, 0.6) is 5.75 Å². The van der Waals surface area contributed by atoms with Gasteiger partial charge in [-0.25, -0.2) is 0 Å². The van der Waals surface area contributed by atoms with Crippen LogP contribution in [0.1, 0.15) is 6.42 Å². The van der Waals surface area contributed by atoms with E-state index in [1.54, 1.807) is 0 Å². The second-order valence-corrected chi connectivity index (χ2v) is 5.50. The lowest BCUT2D eigenvalue weighted by molar-refractivity contribution is 0.370. The Labute approximate surface area is 96.3 Å². The van der Waals surface area contributed by atoms with Crippen LogP contribution in [-0.4, -0.2) is 25.6 Å². The van der Waals surface area contributed by atoms with Gasteiger partial charge in [-0.1, -0.05) is 11.6 Å². The molecule has 0 saturated heterocycles. The highest BCUT2D eigenvalue weighted by Gasteiger charge is 2.12. The standard InChI is InChI=1S/C8H11ClNO5P/c9-6-4-7(11)8(12)10(5-6)2-1-3-16(13,14)15/h4-5,11H,1-3H2,(H2,13,14,15). The lowest BCUT2D eigenvalue weighted by Crippen LogP contribution is -2.19. The van der Waals surface area contributed by atoms with Gasteiger partial charge >= 0.3 is 7.60 Å². The van der Waals surface area contributed by atoms with E-state index >= 15 is 0 Å². The Bertz CT molecular complexity index is 480. The van der Waals surface area contributed by atoms with Gasteiger partial charge in [0.15, 0.2) is 5.75 Å². The monoisotopic (exact) mass is 267 g/mol. The van der Waals surface area contributed by atoms with Gasteiger partial charge < -0.3 is 19.5 Å². The number of pyridine rings is 1. The van der Waals surface area contributed by atoms with Crippen LogP contribution >= 0.6 is 19.2 Å². The van der Waals surface area contributed by atoms with Crippen molar-refractivity contribution in [3.05, 3.63) is 27.6 Å². The summed E-state index contributed by atoms with van der Waals surface area (Å²) in [7, 11) is -4.05. The first kappa shape index (κ1) is 13.3. The van der Waals surface area contributed by atoms with E-state index in [9.17, 15) is 9.36 Å². The quantitative estimate of drug-likeness (QED) is 0.700. The summed E-state index contributed by atoms with van der Waals surface area (Å²) in [5.41, 5.74) is -0.630. The summed E-state index contributed by atoms with van der Waals surface area (Å²) in [5, 5.41) is 9.36. The first-order valence-electron chi connectivity index (χ1n) is 4.43. The molecule has 0 bridgehead atoms. The lowest BCUT2D eigenvalue weighted by atomic mass is 10.4. The van der Waals surface area contributed by atoms with Crippen LogP contribution in [0, 0.1) is 0 Å². The molecule has 90 valence electrons. The Morgan fingerprint density at radius 1 is 1.44 bits per heavy atom. The van der Waals surface area contributed by atoms with Crippen molar-refractivity contribution in [2.45, 2.75) is 13.0 Å². The van der Waals surface area contributed by atoms with Crippen molar-refractivity contribution in [2.24, 2.45) is 0 Å². The Hall–Kier alpha value is -0.810. The molecule has 16 heavy (non-hydrogen) atoms. The predicted octanol–water partition coefficient (Wildman–Crippen LogP) is 0.775. The molecule has 0 fully saturated rings. The lowest BCUT2D eigenvalue weighted by Gasteiger charge is -2.07. The molecule has 0 atom stereocenters. The average molecular weight is 268 g/mol. The number of nitrogens with zero attached hydrogens (tertiary/aromatic N) is 1. The Kier molecular flexibility index (Phi) is 4.15. The molecular weight excluding hydrogens is 257 g/mol. The van der Waals surface area contributed by atoms with Crippen LogP contribution in [0.2, 0.25) is 5.02 Å². The summed E-state index contributed by atoms with van der Waals surface area (Å²) in [5.74, 6) is -0.483. The minimum absolute atomic E-state index is 0.0953. The van der Waals surface area contributed by atoms with E-state index in [0.717, 1.165) is 10.6 Å². The molecule has 1 aromatic heterocycles. The molecule has 0 amide bonds. The van der Waals surface area contributed by atoms with Crippen molar-refractivity contribution in [1.29, 1.82) is 0 Å². The summed E-state index contributed by atoms with van der Waals surface area (Å²) >= 11 is 5.62. The van der Waals surface area contributed by atoms with Gasteiger partial charge in [0, 0.05) is 18.8 Å². The number of rotatable bonds is 4. The maximum Gasteiger partial charge on any atom is 0.325 e. The zero-order chi connectivity index (χ0) is 12.3. The molecule has 0 spiro atoms. The molecule has 6 nitrogen and oxygen atoms in total. The van der Waals surface area contributed by atoms with E-state index in [-0.39, 0.29) is 24.2 Å². The topological polar surface area (TPSA) is 99.8 Å². The molecule has 3 N–H and O–H groups in total. The summed E-state index contributed by atoms with van der Waals surface area (Å²) in [4.78, 5) is 28.6. The van der Waals surface area contributed by atoms with Crippen LogP contribution < -0.4 is 5.56 Å². The van der Waals surface area contributed by atoms with Gasteiger partial charge in [0.2, 0.25) is 0 Å². The average Bonchev–Trinajstić information content (AvgIpc) is 2.11. The summed E-state index contributed by atoms with van der Waals surface area (Å²) in [6, 6.07) is 1.11. The van der Waals surface area contributed by atoms with Gasteiger partial charge in [0.05, 0.1) is 11.2 Å². The molecule has 0 aliphatic carbocycles. The summed E-state index contributed by atoms with van der Waals surface area (Å²) in [6.07, 6.45) is 1.12. The Morgan fingerprint density at radius 3 is 2.62 bits per heavy atom. The third-order valence-corrected chi connectivity index (χ3v) is 2.99. The molecule has 1 aromatic rings. The number of halogens is 1. The fraction of sp³-hybridized carbons (Fsp3) is 0.375. The van der Waals surface area contributed by atoms with Gasteiger partial charge in [-0.05, 0) is 6.42 Å². The zero-order valence-corrected chi connectivity index (χ0v) is 9.86. The molecule has 0 aromatic carbocycles. The van der Waals surface area contributed by atoms with Crippen molar-refractivity contribution in [2.75, 3.05) is 6.16 Å². The predicted molar refractivity (Wildman–Crippen MR) is 58.9 cm³/mol. The van der Waals surface area contributed by atoms with Gasteiger partial charge in [-0.2, -0.15) is 0 Å². The fourth-order valence-corrected chi connectivity index (χ4v) is 1.97. The first-order valence-corrected chi connectivity index (χ1v) is 6.61. The van der Waals surface area contributed by atoms with E-state index in [1.807, 2.05) is 0 Å². The van der Waals surface area contributed by atoms with Crippen molar-refractivity contribution >= 4 is 19.2 Å². The minimum atomic E-state index is -4.05. The summed E-state index contributed by atoms with van der Waals surface area (Å²) in [6.45, 7) is 0.0953. The molecule has 0 aliphatic heterocycles. The van der Waals surface area contributed by atoms with E-state index in [2.05, 4.69) is 0 Å². The van der Waals surface area contributed by atoms with Gasteiger partial charge in [-0.15, -0.1) is 0 Å². The van der Waals surface area contributed by atoms with E-state index in [0.29, 0.717) is 0 Å². The number of aromatic nitrogens is 1. The maximum atomic E-state index is 11.3. The van der Waals surface area contributed by atoms with Crippen LogP contribution in [0.25, 0.3) is 0 Å². The zero-order valence-electron chi connectivity index (χ0n) is 8.21. The number of hydrogen-bond acceptors (Lipinski definition) is 3. The third-order valence-electron chi connectivity index (χ3n) is 1.88. The van der Waals surface area contributed by atoms with Crippen molar-refractivity contribution in [3.63, 3.8) is 0 Å². The van der Waals surface area contributed by atoms with Crippen LogP contribution in [-0.2, 0) is 11.1 Å². The maximum absolute atomic E-state index is 11.3. The van der Waals surface area contributed by atoms with E-state index in [4.69, 9.17) is 26.5 Å². The largest absolute Gasteiger partial charge is 0.503 e. The smallest absolute Gasteiger partial charge is 0.325 e. The highest BCUT2D eigenvalue weighted by molar-refractivity contribution is 7.51. The summed E-state index contributed by atoms with van der Waals surface area (Å²) < 4.78 is 11.7. The van der Waals surface area contributed by atoms with Crippen LogP contribution in [0.4, 0.5) is 0 Å². The van der Waals surface area contributed by atoms with Gasteiger partial charge in [0.1, 0.15) is 0 Å². The van der Waals surface area contributed by atoms with Crippen LogP contribution in [0.15, 0.2) is 17.1 Å². The second kappa shape index (κ2) is 5.01. The van der Waals surface area contributed by atoms with Crippen molar-refractivity contribution < 1.29 is 19.5 Å². The minimum Gasteiger partial charge on any atom is -0.503 e. The molecule has 0 saturated carbocycles. The Balaban J connectivity index is 2.75.